The number of ketones is 1. The monoisotopic (exact) mass is 505 g/mol. The van der Waals surface area contributed by atoms with E-state index in [0.29, 0.717) is 0 Å². The van der Waals surface area contributed by atoms with E-state index in [2.05, 4.69) is 25.0 Å². The van der Waals surface area contributed by atoms with Gasteiger partial charge in [-0.05, 0) is 58.4 Å². The molecule has 198 valence electrons. The van der Waals surface area contributed by atoms with Crippen LogP contribution in [-0.2, 0) is 19.1 Å². The van der Waals surface area contributed by atoms with Crippen LogP contribution in [0.4, 0.5) is 5.69 Å². The molecule has 7 heteroatoms. The molecule has 0 aliphatic rings. The van der Waals surface area contributed by atoms with E-state index in [1.807, 2.05) is 0 Å². The summed E-state index contributed by atoms with van der Waals surface area (Å²) in [6, 6.07) is 8.28. The molecule has 1 N–H and O–H groups in total. The summed E-state index contributed by atoms with van der Waals surface area (Å²) < 4.78 is 10.2. The van der Waals surface area contributed by atoms with Crippen molar-refractivity contribution in [2.24, 2.45) is 5.92 Å². The normalized spacial score (nSPS) is 12.7. The van der Waals surface area contributed by atoms with E-state index in [0.717, 1.165) is 18.7 Å². The molecular weight excluding hydrogens is 458 g/mol. The van der Waals surface area contributed by atoms with Gasteiger partial charge in [0, 0.05) is 25.9 Å². The van der Waals surface area contributed by atoms with E-state index in [9.17, 15) is 14.4 Å². The lowest BCUT2D eigenvalue weighted by molar-refractivity contribution is -0.166. The van der Waals surface area contributed by atoms with Crippen LogP contribution in [0, 0.1) is 5.92 Å². The van der Waals surface area contributed by atoms with Crippen LogP contribution >= 0.6 is 0 Å². The molecular formula is C28H47NO5Si. The molecule has 0 heterocycles. The summed E-state index contributed by atoms with van der Waals surface area (Å²) in [6.45, 7) is 15.0. The van der Waals surface area contributed by atoms with Gasteiger partial charge in [-0.3, -0.25) is 14.4 Å². The quantitative estimate of drug-likeness (QED) is 0.0868. The molecule has 1 aromatic rings. The summed E-state index contributed by atoms with van der Waals surface area (Å²) in [5, 5.41) is 3.37. The Kier molecular flexibility index (Phi) is 13.3. The maximum Gasteiger partial charge on any atom is 0.328 e. The molecule has 1 aromatic carbocycles. The molecule has 0 aliphatic carbocycles. The number of esters is 2. The van der Waals surface area contributed by atoms with Gasteiger partial charge in [0.1, 0.15) is 5.60 Å². The van der Waals surface area contributed by atoms with Gasteiger partial charge in [-0.2, -0.15) is 0 Å². The van der Waals surface area contributed by atoms with Gasteiger partial charge in [-0.1, -0.05) is 64.2 Å². The third-order valence-corrected chi connectivity index (χ3v) is 7.38. The van der Waals surface area contributed by atoms with Crippen LogP contribution in [-0.4, -0.2) is 44.5 Å². The molecule has 1 rings (SSSR count). The van der Waals surface area contributed by atoms with Crippen LogP contribution in [0.1, 0.15) is 83.0 Å². The molecule has 0 aromatic heterocycles. The molecule has 0 saturated heterocycles. The predicted octanol–water partition coefficient (Wildman–Crippen LogP) is 6.87. The maximum atomic E-state index is 13.0. The summed E-state index contributed by atoms with van der Waals surface area (Å²) in [7, 11) is -0.882. The Labute approximate surface area is 213 Å². The first kappa shape index (κ1) is 30.9. The summed E-state index contributed by atoms with van der Waals surface area (Å²) >= 11 is 0. The molecule has 6 nitrogen and oxygen atoms in total. The fourth-order valence-corrected chi connectivity index (χ4v) is 5.02. The van der Waals surface area contributed by atoms with E-state index in [4.69, 9.17) is 9.47 Å². The third-order valence-electron chi connectivity index (χ3n) is 5.53. The highest BCUT2D eigenvalue weighted by atomic mass is 28.3. The van der Waals surface area contributed by atoms with Crippen molar-refractivity contribution in [1.29, 1.82) is 0 Å². The molecule has 0 fully saturated rings. The van der Waals surface area contributed by atoms with Crippen LogP contribution < -0.4 is 5.32 Å². The second-order valence-electron chi connectivity index (χ2n) is 11.4. The van der Waals surface area contributed by atoms with Crippen molar-refractivity contribution in [3.63, 3.8) is 0 Å². The second-order valence-corrected chi connectivity index (χ2v) is 17.0. The van der Waals surface area contributed by atoms with Crippen LogP contribution in [0.5, 0.6) is 0 Å². The number of anilines is 1. The maximum absolute atomic E-state index is 13.0. The molecule has 1 unspecified atom stereocenters. The molecule has 0 amide bonds. The van der Waals surface area contributed by atoms with Crippen LogP contribution in [0.2, 0.25) is 25.7 Å². The average Bonchev–Trinajstić information content (AvgIpc) is 2.73. The van der Waals surface area contributed by atoms with Crippen molar-refractivity contribution in [2.75, 3.05) is 18.5 Å². The topological polar surface area (TPSA) is 81.7 Å². The smallest absolute Gasteiger partial charge is 0.328 e. The molecule has 0 spiro atoms. The van der Waals surface area contributed by atoms with Gasteiger partial charge in [0.2, 0.25) is 5.92 Å². The zero-order valence-electron chi connectivity index (χ0n) is 23.0. The summed E-state index contributed by atoms with van der Waals surface area (Å²) in [4.78, 5) is 37.8. The van der Waals surface area contributed by atoms with Gasteiger partial charge in [0.25, 0.3) is 0 Å². The lowest BCUT2D eigenvalue weighted by Gasteiger charge is -2.22. The lowest BCUT2D eigenvalue weighted by atomic mass is 9.97. The SMILES string of the molecule is CCOC(=O)C(C(=O)OC(C)(C)C)C(=O)c1ccc(NCCCCCCCCC[Si](C)(C)C)cc1. The Balaban J connectivity index is 2.47. The predicted molar refractivity (Wildman–Crippen MR) is 146 cm³/mol. The Morgan fingerprint density at radius 2 is 1.40 bits per heavy atom. The van der Waals surface area contributed by atoms with Gasteiger partial charge < -0.3 is 14.8 Å². The Hall–Kier alpha value is -2.15. The van der Waals surface area contributed by atoms with Gasteiger partial charge in [0.05, 0.1) is 6.61 Å². The van der Waals surface area contributed by atoms with E-state index < -0.39 is 37.3 Å². The van der Waals surface area contributed by atoms with Crippen molar-refractivity contribution < 1.29 is 23.9 Å². The molecule has 0 bridgehead atoms. The number of benzene rings is 1. The molecule has 0 saturated carbocycles. The summed E-state index contributed by atoms with van der Waals surface area (Å²) in [6.07, 6.45) is 8.95. The lowest BCUT2D eigenvalue weighted by Crippen LogP contribution is -2.38. The first-order valence-corrected chi connectivity index (χ1v) is 16.8. The zero-order valence-corrected chi connectivity index (χ0v) is 24.0. The number of hydrogen-bond acceptors (Lipinski definition) is 6. The number of carbonyl (C=O) groups is 3. The Morgan fingerprint density at radius 3 is 1.91 bits per heavy atom. The van der Waals surface area contributed by atoms with Crippen LogP contribution in [0.25, 0.3) is 0 Å². The first-order valence-electron chi connectivity index (χ1n) is 13.1. The van der Waals surface area contributed by atoms with Gasteiger partial charge in [-0.25, -0.2) is 0 Å². The third kappa shape index (κ3) is 13.5. The van der Waals surface area contributed by atoms with Crippen molar-refractivity contribution >= 4 is 31.5 Å². The summed E-state index contributed by atoms with van der Waals surface area (Å²) in [5.74, 6) is -4.01. The number of hydrogen-bond donors (Lipinski definition) is 1. The minimum Gasteiger partial charge on any atom is -0.465 e. The van der Waals surface area contributed by atoms with Gasteiger partial charge >= 0.3 is 11.9 Å². The molecule has 0 aliphatic heterocycles. The van der Waals surface area contributed by atoms with E-state index in [1.165, 1.54) is 44.6 Å². The summed E-state index contributed by atoms with van der Waals surface area (Å²) in [5.41, 5.74) is 0.357. The number of unbranched alkanes of at least 4 members (excludes halogenated alkanes) is 6. The standard InChI is InChI=1S/C28H47NO5Si/c1-8-33-26(31)24(27(32)34-28(2,3)4)25(30)22-16-18-23(19-17-22)29-20-14-12-10-9-11-13-15-21-35(5,6)7/h16-19,24,29H,8-15,20-21H2,1-7H3. The zero-order chi connectivity index (χ0) is 26.5. The number of carbonyl (C=O) groups excluding carboxylic acids is 3. The Morgan fingerprint density at radius 1 is 0.857 bits per heavy atom. The minimum absolute atomic E-state index is 0.0763. The minimum atomic E-state index is -1.62. The largest absolute Gasteiger partial charge is 0.465 e. The Bertz CT molecular complexity index is 793. The molecule has 35 heavy (non-hydrogen) atoms. The number of nitrogens with one attached hydrogen (secondary N) is 1. The number of Topliss-reactive ketones (excluding diaryl/α,β-unsaturated/α-hetero) is 1. The highest BCUT2D eigenvalue weighted by Crippen LogP contribution is 2.20. The fraction of sp³-hybridized carbons (Fsp3) is 0.679. The van der Waals surface area contributed by atoms with Crippen LogP contribution in [0.15, 0.2) is 24.3 Å². The number of ether oxygens (including phenoxy) is 2. The van der Waals surface area contributed by atoms with Gasteiger partial charge in [-0.15, -0.1) is 0 Å². The molecule has 0 radical (unpaired) electrons. The van der Waals surface area contributed by atoms with Crippen molar-refractivity contribution in [3.05, 3.63) is 29.8 Å². The van der Waals surface area contributed by atoms with E-state index in [1.54, 1.807) is 52.0 Å². The average molecular weight is 506 g/mol. The van der Waals surface area contributed by atoms with Crippen molar-refractivity contribution in [1.82, 2.24) is 0 Å². The highest BCUT2D eigenvalue weighted by molar-refractivity contribution is 6.76. The number of rotatable bonds is 16. The van der Waals surface area contributed by atoms with Crippen molar-refractivity contribution in [2.45, 2.75) is 104 Å². The van der Waals surface area contributed by atoms with Crippen molar-refractivity contribution in [3.8, 4) is 0 Å². The fourth-order valence-electron chi connectivity index (χ4n) is 3.71. The van der Waals surface area contributed by atoms with E-state index >= 15 is 0 Å². The molecule has 1 atom stereocenters. The first-order chi connectivity index (χ1) is 16.3. The second kappa shape index (κ2) is 15.1. The highest BCUT2D eigenvalue weighted by Gasteiger charge is 2.39. The van der Waals surface area contributed by atoms with E-state index in [-0.39, 0.29) is 12.2 Å². The van der Waals surface area contributed by atoms with Crippen LogP contribution in [0.3, 0.4) is 0 Å². The van der Waals surface area contributed by atoms with Gasteiger partial charge in [0.15, 0.2) is 5.78 Å².